The quantitative estimate of drug-likeness (QED) is 0.782. The lowest BCUT2D eigenvalue weighted by atomic mass is 10.3. The summed E-state index contributed by atoms with van der Waals surface area (Å²) in [6.45, 7) is 2.84. The molecule has 0 atom stereocenters. The van der Waals surface area contributed by atoms with Gasteiger partial charge in [0.25, 0.3) is 6.43 Å². The Morgan fingerprint density at radius 1 is 1.50 bits per heavy atom. The third-order valence-electron chi connectivity index (χ3n) is 2.76. The van der Waals surface area contributed by atoms with Crippen LogP contribution in [0.3, 0.4) is 0 Å². The molecule has 1 heterocycles. The second kappa shape index (κ2) is 7.54. The largest absolute Gasteiger partial charge is 0.354 e. The molecule has 0 aliphatic rings. The van der Waals surface area contributed by atoms with Crippen molar-refractivity contribution in [3.8, 4) is 0 Å². The molecular formula is C12H19ClF2N4O. The van der Waals surface area contributed by atoms with Crippen LogP contribution < -0.4 is 5.32 Å². The summed E-state index contributed by atoms with van der Waals surface area (Å²) in [4.78, 5) is 13.7. The first kappa shape index (κ1) is 16.8. The Balaban J connectivity index is 2.52. The molecule has 5 nitrogen and oxygen atoms in total. The van der Waals surface area contributed by atoms with Crippen LogP contribution in [-0.2, 0) is 11.3 Å². The van der Waals surface area contributed by atoms with Crippen molar-refractivity contribution >= 4 is 17.5 Å². The van der Waals surface area contributed by atoms with Gasteiger partial charge in [0.1, 0.15) is 12.2 Å². The van der Waals surface area contributed by atoms with Crippen LogP contribution in [0, 0.1) is 6.92 Å². The second-order valence-corrected chi connectivity index (χ2v) is 5.13. The van der Waals surface area contributed by atoms with Crippen LogP contribution >= 0.6 is 11.6 Å². The van der Waals surface area contributed by atoms with E-state index in [9.17, 15) is 13.6 Å². The fourth-order valence-electron chi connectivity index (χ4n) is 1.66. The molecule has 0 radical (unpaired) electrons. The third kappa shape index (κ3) is 4.72. The molecule has 20 heavy (non-hydrogen) atoms. The molecule has 1 aromatic rings. The molecule has 8 heteroatoms. The minimum atomic E-state index is -2.74. The van der Waals surface area contributed by atoms with Crippen LogP contribution in [0.1, 0.15) is 24.2 Å². The zero-order valence-electron chi connectivity index (χ0n) is 11.8. The summed E-state index contributed by atoms with van der Waals surface area (Å²) in [5.41, 5.74) is -0.116. The fourth-order valence-corrected chi connectivity index (χ4v) is 1.87. The minimum Gasteiger partial charge on any atom is -0.354 e. The first-order chi connectivity index (χ1) is 9.32. The predicted molar refractivity (Wildman–Crippen MR) is 73.1 cm³/mol. The Kier molecular flexibility index (Phi) is 6.35. The van der Waals surface area contributed by atoms with Gasteiger partial charge in [0, 0.05) is 6.54 Å². The maximum Gasteiger partial charge on any atom is 0.283 e. The molecule has 0 fully saturated rings. The number of nitrogens with zero attached hydrogens (tertiary/aromatic N) is 3. The molecule has 0 aromatic carbocycles. The number of nitrogens with one attached hydrogen (secondary N) is 1. The summed E-state index contributed by atoms with van der Waals surface area (Å²) < 4.78 is 26.4. The van der Waals surface area contributed by atoms with E-state index < -0.39 is 12.1 Å². The van der Waals surface area contributed by atoms with Gasteiger partial charge in [-0.2, -0.15) is 5.10 Å². The fraction of sp³-hybridized carbons (Fsp3) is 0.667. The topological polar surface area (TPSA) is 50.2 Å². The van der Waals surface area contributed by atoms with Crippen molar-refractivity contribution in [1.29, 1.82) is 0 Å². The zero-order chi connectivity index (χ0) is 15.3. The van der Waals surface area contributed by atoms with Crippen molar-refractivity contribution in [2.24, 2.45) is 0 Å². The SMILES string of the molecule is Cc1c(Cl)c(C(F)F)nn1CC(=O)NCCCN(C)C. The number of hydrogen-bond acceptors (Lipinski definition) is 3. The van der Waals surface area contributed by atoms with Gasteiger partial charge in [-0.1, -0.05) is 11.6 Å². The second-order valence-electron chi connectivity index (χ2n) is 4.75. The Morgan fingerprint density at radius 3 is 2.65 bits per heavy atom. The number of amides is 1. The summed E-state index contributed by atoms with van der Waals surface area (Å²) >= 11 is 5.75. The molecule has 1 aromatic heterocycles. The van der Waals surface area contributed by atoms with Crippen LogP contribution in [-0.4, -0.2) is 47.8 Å². The highest BCUT2D eigenvalue weighted by molar-refractivity contribution is 6.31. The van der Waals surface area contributed by atoms with E-state index in [-0.39, 0.29) is 17.5 Å². The number of aromatic nitrogens is 2. The van der Waals surface area contributed by atoms with Gasteiger partial charge in [0.15, 0.2) is 0 Å². The zero-order valence-corrected chi connectivity index (χ0v) is 12.5. The third-order valence-corrected chi connectivity index (χ3v) is 3.23. The number of carbonyl (C=O) groups is 1. The van der Waals surface area contributed by atoms with E-state index in [4.69, 9.17) is 11.6 Å². The first-order valence-corrected chi connectivity index (χ1v) is 6.63. The molecule has 1 rings (SSSR count). The summed E-state index contributed by atoms with van der Waals surface area (Å²) in [5.74, 6) is -0.271. The molecule has 0 unspecified atom stereocenters. The average molecular weight is 309 g/mol. The first-order valence-electron chi connectivity index (χ1n) is 6.25. The molecule has 114 valence electrons. The maximum absolute atomic E-state index is 12.6. The van der Waals surface area contributed by atoms with Gasteiger partial charge in [-0.15, -0.1) is 0 Å². The lowest BCUT2D eigenvalue weighted by Crippen LogP contribution is -2.30. The molecule has 0 aliphatic carbocycles. The maximum atomic E-state index is 12.6. The van der Waals surface area contributed by atoms with E-state index in [2.05, 4.69) is 10.4 Å². The average Bonchev–Trinajstić information content (AvgIpc) is 2.63. The lowest BCUT2D eigenvalue weighted by Gasteiger charge is -2.10. The van der Waals surface area contributed by atoms with Crippen LogP contribution in [0.15, 0.2) is 0 Å². The molecule has 0 bridgehead atoms. The van der Waals surface area contributed by atoms with Gasteiger partial charge in [-0.3, -0.25) is 9.48 Å². The smallest absolute Gasteiger partial charge is 0.283 e. The highest BCUT2D eigenvalue weighted by Gasteiger charge is 2.21. The van der Waals surface area contributed by atoms with Gasteiger partial charge in [0.05, 0.1) is 10.7 Å². The summed E-state index contributed by atoms with van der Waals surface area (Å²) in [6, 6.07) is 0. The normalized spacial score (nSPS) is 11.4. The van der Waals surface area contributed by atoms with Crippen molar-refractivity contribution in [2.45, 2.75) is 26.3 Å². The van der Waals surface area contributed by atoms with Crippen molar-refractivity contribution < 1.29 is 13.6 Å². The Morgan fingerprint density at radius 2 is 2.15 bits per heavy atom. The summed E-state index contributed by atoms with van der Waals surface area (Å²) in [6.07, 6.45) is -1.93. The number of rotatable bonds is 7. The summed E-state index contributed by atoms with van der Waals surface area (Å²) in [7, 11) is 3.89. The highest BCUT2D eigenvalue weighted by Crippen LogP contribution is 2.28. The molecule has 1 amide bonds. The van der Waals surface area contributed by atoms with E-state index in [1.807, 2.05) is 19.0 Å². The molecule has 1 N–H and O–H groups in total. The van der Waals surface area contributed by atoms with Gasteiger partial charge < -0.3 is 10.2 Å². The predicted octanol–water partition coefficient (Wildman–Crippen LogP) is 1.85. The highest BCUT2D eigenvalue weighted by atomic mass is 35.5. The number of hydrogen-bond donors (Lipinski definition) is 1. The molecular weight excluding hydrogens is 290 g/mol. The van der Waals surface area contributed by atoms with E-state index in [1.165, 1.54) is 4.68 Å². The molecule has 0 saturated carbocycles. The van der Waals surface area contributed by atoms with Crippen molar-refractivity contribution in [3.63, 3.8) is 0 Å². The van der Waals surface area contributed by atoms with Crippen LogP contribution in [0.5, 0.6) is 0 Å². The standard InChI is InChI=1S/C12H19ClF2N4O/c1-8-10(13)11(12(14)15)17-19(8)7-9(20)16-5-4-6-18(2)3/h12H,4-7H2,1-3H3,(H,16,20). The van der Waals surface area contributed by atoms with Crippen molar-refractivity contribution in [2.75, 3.05) is 27.2 Å². The van der Waals surface area contributed by atoms with Gasteiger partial charge in [-0.05, 0) is 34.0 Å². The molecule has 0 aliphatic heterocycles. The van der Waals surface area contributed by atoms with Crippen LogP contribution in [0.2, 0.25) is 5.02 Å². The Hall–Kier alpha value is -1.21. The van der Waals surface area contributed by atoms with Crippen LogP contribution in [0.25, 0.3) is 0 Å². The van der Waals surface area contributed by atoms with Gasteiger partial charge in [-0.25, -0.2) is 8.78 Å². The van der Waals surface area contributed by atoms with E-state index in [0.717, 1.165) is 13.0 Å². The van der Waals surface area contributed by atoms with E-state index >= 15 is 0 Å². The van der Waals surface area contributed by atoms with E-state index in [0.29, 0.717) is 12.2 Å². The van der Waals surface area contributed by atoms with Gasteiger partial charge >= 0.3 is 0 Å². The monoisotopic (exact) mass is 308 g/mol. The van der Waals surface area contributed by atoms with Crippen LogP contribution in [0.4, 0.5) is 8.78 Å². The Labute approximate surface area is 121 Å². The minimum absolute atomic E-state index is 0.0830. The summed E-state index contributed by atoms with van der Waals surface area (Å²) in [5, 5.41) is 6.30. The van der Waals surface area contributed by atoms with Crippen molar-refractivity contribution in [1.82, 2.24) is 20.0 Å². The number of carbonyl (C=O) groups excluding carboxylic acids is 1. The van der Waals surface area contributed by atoms with Crippen molar-refractivity contribution in [3.05, 3.63) is 16.4 Å². The number of halogens is 3. The molecule has 0 spiro atoms. The van der Waals surface area contributed by atoms with Gasteiger partial charge in [0.2, 0.25) is 5.91 Å². The van der Waals surface area contributed by atoms with E-state index in [1.54, 1.807) is 6.92 Å². The molecule has 0 saturated heterocycles. The Bertz CT molecular complexity index is 463. The number of alkyl halides is 2. The lowest BCUT2D eigenvalue weighted by molar-refractivity contribution is -0.121.